The third-order valence-electron chi connectivity index (χ3n) is 22.3. The van der Waals surface area contributed by atoms with Crippen LogP contribution in [0.25, 0.3) is 21.8 Å². The van der Waals surface area contributed by atoms with Gasteiger partial charge in [-0.05, 0) is 133 Å². The summed E-state index contributed by atoms with van der Waals surface area (Å²) in [6, 6.07) is 17.2. The van der Waals surface area contributed by atoms with Gasteiger partial charge in [-0.1, -0.05) is 106 Å². The maximum absolute atomic E-state index is 13.8. The van der Waals surface area contributed by atoms with Crippen LogP contribution in [0.15, 0.2) is 48.5 Å². The van der Waals surface area contributed by atoms with E-state index in [1.165, 1.54) is 51.4 Å². The molecule has 2 saturated heterocycles. The molecule has 374 valence electrons. The number of carboxylic acids is 1. The molecule has 10 unspecified atom stereocenters. The van der Waals surface area contributed by atoms with E-state index in [1.807, 2.05) is 0 Å². The summed E-state index contributed by atoms with van der Waals surface area (Å²) >= 11 is 0. The molecule has 2 aliphatic heterocycles. The summed E-state index contributed by atoms with van der Waals surface area (Å²) in [5.74, 6) is -0.266. The molecule has 0 amide bonds. The van der Waals surface area contributed by atoms with Crippen molar-refractivity contribution in [3.8, 4) is 0 Å². The summed E-state index contributed by atoms with van der Waals surface area (Å²) in [4.78, 5) is 34.6. The molecule has 0 spiro atoms. The highest BCUT2D eigenvalue weighted by Crippen LogP contribution is 2.73. The number of aromatic nitrogens is 2. The third-order valence-corrected chi connectivity index (χ3v) is 22.3. The smallest absolute Gasteiger partial charge is 0.317 e. The molecule has 4 saturated carbocycles. The summed E-state index contributed by atoms with van der Waals surface area (Å²) in [6.45, 7) is 22.4. The minimum atomic E-state index is -1.25. The Labute approximate surface area is 409 Å². The number of aliphatic carboxylic acids is 1. The Morgan fingerprint density at radius 2 is 1.03 bits per heavy atom. The van der Waals surface area contributed by atoms with E-state index in [0.717, 1.165) is 57.8 Å². The summed E-state index contributed by atoms with van der Waals surface area (Å²) in [5.41, 5.74) is 4.75. The summed E-state index contributed by atoms with van der Waals surface area (Å²) in [5, 5.41) is 37.0. The van der Waals surface area contributed by atoms with E-state index >= 15 is 0 Å². The molecule has 4 aromatic rings. The Balaban J connectivity index is 0.000000151. The molecule has 69 heavy (non-hydrogen) atoms. The molecule has 2 aromatic heterocycles. The number of rotatable bonds is 2. The first-order chi connectivity index (χ1) is 32.4. The second kappa shape index (κ2) is 15.4. The van der Waals surface area contributed by atoms with Gasteiger partial charge < -0.3 is 39.5 Å². The predicted octanol–water partition coefficient (Wildman–Crippen LogP) is 11.0. The highest BCUT2D eigenvalue weighted by Gasteiger charge is 2.75. The number of carboxylic acid groups (broad SMARTS) is 1. The molecule has 12 rings (SSSR count). The lowest BCUT2D eigenvalue weighted by atomic mass is 9.39. The molecule has 0 bridgehead atoms. The fraction of sp³-hybridized carbons (Fsp3) is 0.695. The summed E-state index contributed by atoms with van der Waals surface area (Å²) in [6.07, 6.45) is 7.48. The van der Waals surface area contributed by atoms with Gasteiger partial charge in [-0.2, -0.15) is 0 Å². The zero-order valence-corrected chi connectivity index (χ0v) is 43.3. The lowest BCUT2D eigenvalue weighted by molar-refractivity contribution is -0.277. The summed E-state index contributed by atoms with van der Waals surface area (Å²) < 4.78 is 18.8. The van der Waals surface area contributed by atoms with Gasteiger partial charge in [0, 0.05) is 56.9 Å². The molecule has 0 radical (unpaired) electrons. The Morgan fingerprint density at radius 1 is 0.623 bits per heavy atom. The van der Waals surface area contributed by atoms with Crippen molar-refractivity contribution in [2.45, 2.75) is 194 Å². The van der Waals surface area contributed by atoms with Crippen molar-refractivity contribution in [2.24, 2.45) is 56.2 Å². The van der Waals surface area contributed by atoms with Crippen molar-refractivity contribution in [1.82, 2.24) is 9.97 Å². The largest absolute Gasteiger partial charge is 0.481 e. The minimum Gasteiger partial charge on any atom is -0.481 e. The number of H-pyrrole nitrogens is 2. The lowest BCUT2D eigenvalue weighted by Crippen LogP contribution is -2.71. The van der Waals surface area contributed by atoms with Gasteiger partial charge in [0.1, 0.15) is 10.8 Å². The second-order valence-corrected chi connectivity index (χ2v) is 26.6. The van der Waals surface area contributed by atoms with Gasteiger partial charge in [-0.3, -0.25) is 9.59 Å². The first kappa shape index (κ1) is 47.6. The number of nitrogens with one attached hydrogen (secondary N) is 2. The molecule has 4 heterocycles. The molecule has 8 aliphatic rings. The topological polar surface area (TPSA) is 154 Å². The van der Waals surface area contributed by atoms with Crippen molar-refractivity contribution >= 4 is 33.7 Å². The number of esters is 1. The van der Waals surface area contributed by atoms with Gasteiger partial charge in [0.05, 0.1) is 43.7 Å². The number of para-hydroxylation sites is 2. The van der Waals surface area contributed by atoms with Crippen LogP contribution in [0.3, 0.4) is 0 Å². The van der Waals surface area contributed by atoms with Crippen LogP contribution in [-0.2, 0) is 47.5 Å². The quantitative estimate of drug-likeness (QED) is 0.125. The number of carbonyl (C=O) groups is 2. The van der Waals surface area contributed by atoms with Crippen LogP contribution >= 0.6 is 0 Å². The zero-order valence-electron chi connectivity index (χ0n) is 43.3. The average Bonchev–Trinajstić information content (AvgIpc) is 4.02. The number of carbonyl (C=O) groups excluding carboxylic acids is 1. The van der Waals surface area contributed by atoms with Gasteiger partial charge in [-0.15, -0.1) is 0 Å². The SMILES string of the molecule is CC(C)(C)[C@@H]1CC(O)C2(C(=O)O)C(CC[C@@]3(C)C2CCC2Cc4c([nH]c5ccccc45)[C@@]23C)O1.COC(=O)C12C(O)C[C@@H](C(C)(C)C)OC1CC[C@@]1(C)C2CCC2Cc3c([nH]c4ccccc34)[C@@]21C. The minimum absolute atomic E-state index is 0.00395. The van der Waals surface area contributed by atoms with Crippen molar-refractivity contribution in [3.63, 3.8) is 0 Å². The molecule has 10 nitrogen and oxygen atoms in total. The van der Waals surface area contributed by atoms with Gasteiger partial charge in [-0.25, -0.2) is 0 Å². The van der Waals surface area contributed by atoms with Gasteiger partial charge in [0.15, 0.2) is 0 Å². The number of aliphatic hydroxyl groups excluding tert-OH is 2. The Bertz CT molecular complexity index is 2710. The number of fused-ring (bicyclic) bond motifs is 18. The maximum Gasteiger partial charge on any atom is 0.317 e. The number of hydrogen-bond acceptors (Lipinski definition) is 7. The van der Waals surface area contributed by atoms with Gasteiger partial charge in [0.25, 0.3) is 0 Å². The predicted molar refractivity (Wildman–Crippen MR) is 268 cm³/mol. The van der Waals surface area contributed by atoms with E-state index in [0.29, 0.717) is 31.1 Å². The van der Waals surface area contributed by atoms with E-state index in [9.17, 15) is 24.9 Å². The van der Waals surface area contributed by atoms with E-state index in [4.69, 9.17) is 14.2 Å². The first-order valence-corrected chi connectivity index (χ1v) is 26.6. The monoisotopic (exact) mass is 945 g/mol. The Kier molecular flexibility index (Phi) is 10.6. The number of aliphatic hydroxyl groups is 2. The van der Waals surface area contributed by atoms with E-state index in [2.05, 4.69) is 128 Å². The Morgan fingerprint density at radius 3 is 1.45 bits per heavy atom. The summed E-state index contributed by atoms with van der Waals surface area (Å²) in [7, 11) is 1.47. The zero-order chi connectivity index (χ0) is 49.2. The fourth-order valence-electron chi connectivity index (χ4n) is 18.3. The molecule has 6 fully saturated rings. The van der Waals surface area contributed by atoms with Crippen LogP contribution in [0.2, 0.25) is 0 Å². The van der Waals surface area contributed by atoms with Crippen LogP contribution < -0.4 is 0 Å². The van der Waals surface area contributed by atoms with Gasteiger partial charge >= 0.3 is 11.9 Å². The average molecular weight is 945 g/mol. The number of hydrogen-bond donors (Lipinski definition) is 5. The maximum atomic E-state index is 13.8. The number of benzene rings is 2. The molecule has 10 heteroatoms. The molecule has 16 atom stereocenters. The highest BCUT2D eigenvalue weighted by atomic mass is 16.5. The van der Waals surface area contributed by atoms with Crippen LogP contribution in [-0.4, -0.2) is 81.0 Å². The molecule has 2 aromatic carbocycles. The lowest BCUT2D eigenvalue weighted by Gasteiger charge is -2.67. The molecular formula is C59H80N2O8. The Hall–Kier alpha value is -3.70. The van der Waals surface area contributed by atoms with Crippen LogP contribution in [0.5, 0.6) is 0 Å². The van der Waals surface area contributed by atoms with Crippen molar-refractivity contribution < 1.29 is 39.1 Å². The molecule has 5 N–H and O–H groups in total. The number of methoxy groups -OCH3 is 1. The molecular weight excluding hydrogens is 865 g/mol. The van der Waals surface area contributed by atoms with Crippen LogP contribution in [0, 0.1) is 56.2 Å². The van der Waals surface area contributed by atoms with Crippen molar-refractivity contribution in [3.05, 3.63) is 71.0 Å². The van der Waals surface area contributed by atoms with E-state index in [-0.39, 0.29) is 68.6 Å². The third kappa shape index (κ3) is 5.98. The van der Waals surface area contributed by atoms with E-state index < -0.39 is 35.1 Å². The van der Waals surface area contributed by atoms with E-state index in [1.54, 1.807) is 0 Å². The second-order valence-electron chi connectivity index (χ2n) is 26.6. The molecule has 6 aliphatic carbocycles. The van der Waals surface area contributed by atoms with Crippen molar-refractivity contribution in [2.75, 3.05) is 7.11 Å². The fourth-order valence-corrected chi connectivity index (χ4v) is 18.3. The first-order valence-electron chi connectivity index (χ1n) is 26.6. The number of ether oxygens (including phenoxy) is 3. The van der Waals surface area contributed by atoms with Crippen molar-refractivity contribution in [1.29, 1.82) is 0 Å². The number of aromatic amines is 2. The van der Waals surface area contributed by atoms with Crippen LogP contribution in [0.1, 0.15) is 156 Å². The standard InChI is InChI=1S/C30H41NO4.C29H39NO4/c1-27(2,3)24-16-22(32)30(26(33)34-6)21-12-11-17-15-19-18-9-7-8-10-20(18)31-25(19)29(17,5)28(21,4)14-13-23(30)35-24;1-26(2,3)23-15-21(31)29(25(32)33)20-11-10-16-14-18-17-8-6-7-9-19(17)30-24(18)28(16,5)27(20,4)13-12-22(29)34-23/h7-10,17,21-24,31-32H,11-16H2,1-6H3;6-9,16,20-23,30-31H,10-15H2,1-5H3,(H,32,33)/t17?,21?,22?,23?,24-,28-,29+,30?;16?,20?,21?,22?,23-,27-,28+,29?/m00/s1. The van der Waals surface area contributed by atoms with Gasteiger partial charge in [0.2, 0.25) is 0 Å². The highest BCUT2D eigenvalue weighted by molar-refractivity contribution is 5.87. The van der Waals surface area contributed by atoms with Crippen LogP contribution in [0.4, 0.5) is 0 Å². The normalized spacial score (nSPS) is 43.1.